The lowest BCUT2D eigenvalue weighted by Gasteiger charge is -2.34. The van der Waals surface area contributed by atoms with Crippen molar-refractivity contribution in [3.05, 3.63) is 63.8 Å². The topological polar surface area (TPSA) is 51.0 Å². The summed E-state index contributed by atoms with van der Waals surface area (Å²) < 4.78 is 1.65. The maximum Gasteiger partial charge on any atom is 0.257 e. The van der Waals surface area contributed by atoms with Crippen LogP contribution in [0.5, 0.6) is 0 Å². The van der Waals surface area contributed by atoms with Gasteiger partial charge in [0.15, 0.2) is 0 Å². The first kappa shape index (κ1) is 16.3. The molecule has 1 unspecified atom stereocenters. The van der Waals surface area contributed by atoms with Crippen LogP contribution in [-0.4, -0.2) is 32.1 Å². The Kier molecular flexibility index (Phi) is 4.55. The number of amides is 1. The number of aromatic nitrogens is 3. The summed E-state index contributed by atoms with van der Waals surface area (Å²) >= 11 is 7.83. The number of likely N-dealkylation sites (tertiary alicyclic amines) is 1. The van der Waals surface area contributed by atoms with Crippen LogP contribution >= 0.6 is 22.9 Å². The number of hydrogen-bond donors (Lipinski definition) is 0. The van der Waals surface area contributed by atoms with Crippen molar-refractivity contribution in [1.82, 2.24) is 19.7 Å². The van der Waals surface area contributed by atoms with Crippen molar-refractivity contribution in [3.8, 4) is 5.69 Å². The fourth-order valence-electron chi connectivity index (χ4n) is 3.20. The molecule has 0 saturated carbocycles. The molecule has 1 aliphatic rings. The zero-order chi connectivity index (χ0) is 17.2. The molecule has 1 aliphatic heterocycles. The van der Waals surface area contributed by atoms with E-state index < -0.39 is 0 Å². The maximum absolute atomic E-state index is 13.1. The second-order valence-corrected chi connectivity index (χ2v) is 7.34. The summed E-state index contributed by atoms with van der Waals surface area (Å²) in [6, 6.07) is 7.51. The van der Waals surface area contributed by atoms with Gasteiger partial charge in [-0.05, 0) is 31.4 Å². The van der Waals surface area contributed by atoms with Crippen LogP contribution in [0.2, 0.25) is 5.02 Å². The van der Waals surface area contributed by atoms with E-state index >= 15 is 0 Å². The van der Waals surface area contributed by atoms with E-state index in [1.807, 2.05) is 34.5 Å². The number of piperidine rings is 1. The molecule has 0 bridgehead atoms. The van der Waals surface area contributed by atoms with E-state index in [2.05, 4.69) is 10.1 Å². The fraction of sp³-hybridized carbons (Fsp3) is 0.278. The van der Waals surface area contributed by atoms with Crippen LogP contribution in [0, 0.1) is 0 Å². The second-order valence-electron chi connectivity index (χ2n) is 6.01. The summed E-state index contributed by atoms with van der Waals surface area (Å²) in [5, 5.41) is 7.89. The van der Waals surface area contributed by atoms with E-state index in [4.69, 9.17) is 11.6 Å². The van der Waals surface area contributed by atoms with Crippen LogP contribution in [0.25, 0.3) is 5.69 Å². The third-order valence-electron chi connectivity index (χ3n) is 4.43. The van der Waals surface area contributed by atoms with E-state index in [1.54, 1.807) is 34.6 Å². The molecule has 1 aromatic carbocycles. The Bertz CT molecular complexity index is 877. The highest BCUT2D eigenvalue weighted by Gasteiger charge is 2.30. The van der Waals surface area contributed by atoms with Gasteiger partial charge >= 0.3 is 0 Å². The van der Waals surface area contributed by atoms with Crippen LogP contribution in [0.3, 0.4) is 0 Å². The monoisotopic (exact) mass is 372 g/mol. The number of rotatable bonds is 3. The normalized spacial score (nSPS) is 17.6. The van der Waals surface area contributed by atoms with Gasteiger partial charge in [0.1, 0.15) is 5.01 Å². The van der Waals surface area contributed by atoms with Crippen molar-refractivity contribution in [1.29, 1.82) is 0 Å². The van der Waals surface area contributed by atoms with Gasteiger partial charge in [-0.1, -0.05) is 23.7 Å². The standard InChI is InChI=1S/C18H17ClN4OS/c19-14-5-1-2-6-15(14)23-12-13(11-21-23)18(24)22-9-4-3-7-16(22)17-20-8-10-25-17/h1-2,5-6,8,10-12,16H,3-4,7,9H2. The first-order valence-electron chi connectivity index (χ1n) is 8.24. The average molecular weight is 373 g/mol. The highest BCUT2D eigenvalue weighted by molar-refractivity contribution is 7.09. The van der Waals surface area contributed by atoms with Gasteiger partial charge in [0.2, 0.25) is 0 Å². The van der Waals surface area contributed by atoms with Crippen LogP contribution < -0.4 is 0 Å². The summed E-state index contributed by atoms with van der Waals surface area (Å²) in [7, 11) is 0. The molecule has 0 radical (unpaired) electrons. The number of carbonyl (C=O) groups is 1. The zero-order valence-electron chi connectivity index (χ0n) is 13.5. The number of hydrogen-bond acceptors (Lipinski definition) is 4. The van der Waals surface area contributed by atoms with E-state index in [9.17, 15) is 4.79 Å². The Hall–Kier alpha value is -2.18. The Labute approximate surface area is 154 Å². The van der Waals surface area contributed by atoms with Crippen molar-refractivity contribution in [2.24, 2.45) is 0 Å². The molecule has 25 heavy (non-hydrogen) atoms. The quantitative estimate of drug-likeness (QED) is 0.686. The van der Waals surface area contributed by atoms with Crippen LogP contribution in [0.4, 0.5) is 0 Å². The predicted molar refractivity (Wildman–Crippen MR) is 98.3 cm³/mol. The summed E-state index contributed by atoms with van der Waals surface area (Å²) in [5.74, 6) is -0.00166. The molecular weight excluding hydrogens is 356 g/mol. The number of para-hydroxylation sites is 1. The smallest absolute Gasteiger partial charge is 0.257 e. The largest absolute Gasteiger partial charge is 0.329 e. The van der Waals surface area contributed by atoms with Gasteiger partial charge in [-0.2, -0.15) is 5.10 Å². The molecule has 1 atom stereocenters. The lowest BCUT2D eigenvalue weighted by Crippen LogP contribution is -2.38. The Balaban J connectivity index is 1.61. The summed E-state index contributed by atoms with van der Waals surface area (Å²) in [6.07, 6.45) is 8.25. The molecule has 1 saturated heterocycles. The third kappa shape index (κ3) is 3.19. The third-order valence-corrected chi connectivity index (χ3v) is 5.63. The van der Waals surface area contributed by atoms with Gasteiger partial charge in [-0.15, -0.1) is 11.3 Å². The first-order valence-corrected chi connectivity index (χ1v) is 9.50. The molecule has 2 aromatic heterocycles. The van der Waals surface area contributed by atoms with Crippen molar-refractivity contribution in [3.63, 3.8) is 0 Å². The molecule has 0 N–H and O–H groups in total. The molecule has 1 amide bonds. The SMILES string of the molecule is O=C(c1cnn(-c2ccccc2Cl)c1)N1CCCCC1c1nccs1. The highest BCUT2D eigenvalue weighted by atomic mass is 35.5. The Morgan fingerprint density at radius 2 is 2.16 bits per heavy atom. The molecule has 1 fully saturated rings. The predicted octanol–water partition coefficient (Wildman–Crippen LogP) is 4.35. The summed E-state index contributed by atoms with van der Waals surface area (Å²) in [5.41, 5.74) is 1.33. The van der Waals surface area contributed by atoms with Gasteiger partial charge in [-0.3, -0.25) is 4.79 Å². The van der Waals surface area contributed by atoms with E-state index in [0.717, 1.165) is 36.5 Å². The number of thiazole rings is 1. The first-order chi connectivity index (χ1) is 12.2. The molecule has 3 heterocycles. The minimum absolute atomic E-state index is 0.00166. The molecule has 128 valence electrons. The Morgan fingerprint density at radius 3 is 2.96 bits per heavy atom. The van der Waals surface area contributed by atoms with Crippen LogP contribution in [-0.2, 0) is 0 Å². The van der Waals surface area contributed by atoms with E-state index in [0.29, 0.717) is 10.6 Å². The Morgan fingerprint density at radius 1 is 1.28 bits per heavy atom. The molecule has 0 spiro atoms. The molecule has 4 rings (SSSR count). The minimum Gasteiger partial charge on any atom is -0.329 e. The van der Waals surface area contributed by atoms with Gasteiger partial charge < -0.3 is 4.90 Å². The number of nitrogens with zero attached hydrogens (tertiary/aromatic N) is 4. The lowest BCUT2D eigenvalue weighted by molar-refractivity contribution is 0.0611. The number of halogens is 1. The molecule has 7 heteroatoms. The van der Waals surface area contributed by atoms with Crippen molar-refractivity contribution >= 4 is 28.8 Å². The van der Waals surface area contributed by atoms with Crippen molar-refractivity contribution in [2.75, 3.05) is 6.54 Å². The van der Waals surface area contributed by atoms with Gasteiger partial charge in [-0.25, -0.2) is 9.67 Å². The highest BCUT2D eigenvalue weighted by Crippen LogP contribution is 2.33. The minimum atomic E-state index is -0.00166. The van der Waals surface area contributed by atoms with E-state index in [-0.39, 0.29) is 11.9 Å². The molecule has 5 nitrogen and oxygen atoms in total. The van der Waals surface area contributed by atoms with E-state index in [1.165, 1.54) is 0 Å². The molecule has 3 aromatic rings. The summed E-state index contributed by atoms with van der Waals surface area (Å²) in [6.45, 7) is 0.750. The van der Waals surface area contributed by atoms with Crippen molar-refractivity contribution < 1.29 is 4.79 Å². The molecular formula is C18H17ClN4OS. The van der Waals surface area contributed by atoms with Crippen molar-refractivity contribution in [2.45, 2.75) is 25.3 Å². The molecule has 0 aliphatic carbocycles. The van der Waals surface area contributed by atoms with Gasteiger partial charge in [0, 0.05) is 24.3 Å². The van der Waals surface area contributed by atoms with Crippen LogP contribution in [0.1, 0.15) is 40.7 Å². The van der Waals surface area contributed by atoms with Crippen LogP contribution in [0.15, 0.2) is 48.2 Å². The number of benzene rings is 1. The second kappa shape index (κ2) is 6.98. The van der Waals surface area contributed by atoms with Gasteiger partial charge in [0.05, 0.1) is 28.5 Å². The summed E-state index contributed by atoms with van der Waals surface area (Å²) in [4.78, 5) is 19.4. The fourth-order valence-corrected chi connectivity index (χ4v) is 4.21. The maximum atomic E-state index is 13.1. The van der Waals surface area contributed by atoms with Gasteiger partial charge in [0.25, 0.3) is 5.91 Å². The lowest BCUT2D eigenvalue weighted by atomic mass is 10.0. The zero-order valence-corrected chi connectivity index (χ0v) is 15.1. The number of carbonyl (C=O) groups excluding carboxylic acids is 1. The average Bonchev–Trinajstić information content (AvgIpc) is 3.34.